The third kappa shape index (κ3) is 2.21. The molecule has 0 amide bonds. The Morgan fingerprint density at radius 2 is 2.13 bits per heavy atom. The maximum Gasteiger partial charge on any atom is 0.257 e. The van der Waals surface area contributed by atoms with Crippen molar-refractivity contribution in [3.05, 3.63) is 12.3 Å². The van der Waals surface area contributed by atoms with Crippen molar-refractivity contribution in [2.45, 2.75) is 43.2 Å². The summed E-state index contributed by atoms with van der Waals surface area (Å²) in [5, 5.41) is 6.24. The van der Waals surface area contributed by atoms with E-state index in [4.69, 9.17) is 0 Å². The minimum absolute atomic E-state index is 0.135. The summed E-state index contributed by atoms with van der Waals surface area (Å²) in [5.74, 6) is 0. The molecule has 1 saturated carbocycles. The Labute approximate surface area is 89.3 Å². The molecule has 0 atom stereocenters. The molecule has 1 heterocycles. The number of nitrogens with one attached hydrogen (secondary N) is 2. The molecule has 0 aliphatic heterocycles. The quantitative estimate of drug-likeness (QED) is 0.812. The fourth-order valence-electron chi connectivity index (χ4n) is 2.03. The van der Waals surface area contributed by atoms with Gasteiger partial charge in [-0.2, -0.15) is 5.10 Å². The van der Waals surface area contributed by atoms with E-state index in [0.717, 1.165) is 25.7 Å². The molecule has 0 radical (unpaired) electrons. The van der Waals surface area contributed by atoms with Gasteiger partial charge in [-0.1, -0.05) is 12.8 Å². The Morgan fingerprint density at radius 1 is 1.47 bits per heavy atom. The third-order valence-electron chi connectivity index (χ3n) is 2.85. The lowest BCUT2D eigenvalue weighted by Crippen LogP contribution is -2.43. The number of H-pyrrole nitrogens is 1. The summed E-state index contributed by atoms with van der Waals surface area (Å²) in [6.45, 7) is 1.95. The summed E-state index contributed by atoms with van der Waals surface area (Å²) in [5.41, 5.74) is -0.288. The van der Waals surface area contributed by atoms with E-state index in [1.165, 1.54) is 12.3 Å². The molecule has 0 aromatic carbocycles. The maximum atomic E-state index is 11.9. The summed E-state index contributed by atoms with van der Waals surface area (Å²) in [4.78, 5) is 0. The second-order valence-corrected chi connectivity index (χ2v) is 5.94. The molecular weight excluding hydrogens is 214 g/mol. The van der Waals surface area contributed by atoms with Gasteiger partial charge in [0.25, 0.3) is 10.0 Å². The van der Waals surface area contributed by atoms with Crippen LogP contribution >= 0.6 is 0 Å². The summed E-state index contributed by atoms with van der Waals surface area (Å²) in [6.07, 6.45) is 5.41. The smallest absolute Gasteiger partial charge is 0.257 e. The second-order valence-electron chi connectivity index (χ2n) is 4.29. The lowest BCUT2D eigenvalue weighted by atomic mass is 10.0. The number of hydrogen-bond acceptors (Lipinski definition) is 3. The van der Waals surface area contributed by atoms with Crippen LogP contribution in [-0.4, -0.2) is 24.2 Å². The minimum Gasteiger partial charge on any atom is -0.266 e. The Hall–Kier alpha value is -0.880. The summed E-state index contributed by atoms with van der Waals surface area (Å²) in [7, 11) is -3.43. The number of nitrogens with zero attached hydrogens (tertiary/aromatic N) is 1. The zero-order valence-corrected chi connectivity index (χ0v) is 9.47. The van der Waals surface area contributed by atoms with E-state index in [9.17, 15) is 8.42 Å². The van der Waals surface area contributed by atoms with Crippen molar-refractivity contribution in [1.29, 1.82) is 0 Å². The van der Waals surface area contributed by atoms with E-state index < -0.39 is 10.0 Å². The van der Waals surface area contributed by atoms with Gasteiger partial charge >= 0.3 is 0 Å². The van der Waals surface area contributed by atoms with Gasteiger partial charge < -0.3 is 0 Å². The average molecular weight is 229 g/mol. The molecule has 6 heteroatoms. The van der Waals surface area contributed by atoms with E-state index in [-0.39, 0.29) is 10.6 Å². The van der Waals surface area contributed by atoms with Crippen LogP contribution in [0, 0.1) is 0 Å². The lowest BCUT2D eigenvalue weighted by molar-refractivity contribution is 0.426. The van der Waals surface area contributed by atoms with Crippen molar-refractivity contribution in [3.63, 3.8) is 0 Å². The molecule has 5 nitrogen and oxygen atoms in total. The molecule has 1 aromatic heterocycles. The van der Waals surface area contributed by atoms with E-state index in [0.29, 0.717) is 0 Å². The minimum atomic E-state index is -3.43. The summed E-state index contributed by atoms with van der Waals surface area (Å²) < 4.78 is 26.5. The predicted molar refractivity (Wildman–Crippen MR) is 55.8 cm³/mol. The SMILES string of the molecule is CC1(NS(=O)(=O)c2ccn[nH]2)CCCC1. The number of hydrogen-bond donors (Lipinski definition) is 2. The van der Waals surface area contributed by atoms with Gasteiger partial charge in [0.1, 0.15) is 0 Å². The van der Waals surface area contributed by atoms with Crippen molar-refractivity contribution < 1.29 is 8.42 Å². The van der Waals surface area contributed by atoms with Crippen LogP contribution in [0.25, 0.3) is 0 Å². The monoisotopic (exact) mass is 229 g/mol. The van der Waals surface area contributed by atoms with Gasteiger partial charge in [0.05, 0.1) is 6.20 Å². The largest absolute Gasteiger partial charge is 0.266 e. The van der Waals surface area contributed by atoms with Gasteiger partial charge in [-0.25, -0.2) is 13.1 Å². The number of sulfonamides is 1. The highest BCUT2D eigenvalue weighted by Crippen LogP contribution is 2.30. The zero-order valence-electron chi connectivity index (χ0n) is 8.66. The molecule has 84 valence electrons. The first-order chi connectivity index (χ1) is 7.02. The van der Waals surface area contributed by atoms with Crippen LogP contribution in [0.15, 0.2) is 17.3 Å². The molecule has 1 aliphatic rings. The predicted octanol–water partition coefficient (Wildman–Crippen LogP) is 1.02. The first-order valence-corrected chi connectivity index (χ1v) is 6.54. The fraction of sp³-hybridized carbons (Fsp3) is 0.667. The van der Waals surface area contributed by atoms with Gasteiger partial charge in [0.2, 0.25) is 0 Å². The van der Waals surface area contributed by atoms with Crippen molar-refractivity contribution in [2.75, 3.05) is 0 Å². The lowest BCUT2D eigenvalue weighted by Gasteiger charge is -2.24. The molecule has 0 spiro atoms. The molecule has 2 N–H and O–H groups in total. The zero-order chi connectivity index (χ0) is 10.9. The van der Waals surface area contributed by atoms with Crippen molar-refractivity contribution >= 4 is 10.0 Å². The first-order valence-electron chi connectivity index (χ1n) is 5.05. The highest BCUT2D eigenvalue weighted by Gasteiger charge is 2.33. The Bertz CT molecular complexity index is 418. The molecule has 15 heavy (non-hydrogen) atoms. The molecule has 2 rings (SSSR count). The molecular formula is C9H15N3O2S. The highest BCUT2D eigenvalue weighted by molar-refractivity contribution is 7.89. The van der Waals surface area contributed by atoms with Crippen LogP contribution < -0.4 is 4.72 Å². The fourth-order valence-corrected chi connectivity index (χ4v) is 3.41. The van der Waals surface area contributed by atoms with Crippen molar-refractivity contribution in [2.24, 2.45) is 0 Å². The van der Waals surface area contributed by atoms with Gasteiger partial charge in [-0.15, -0.1) is 0 Å². The molecule has 1 aliphatic carbocycles. The Kier molecular flexibility index (Phi) is 2.56. The summed E-state index contributed by atoms with van der Waals surface area (Å²) in [6, 6.07) is 1.46. The second kappa shape index (κ2) is 3.61. The van der Waals surface area contributed by atoms with Gasteiger partial charge in [-0.05, 0) is 25.8 Å². The van der Waals surface area contributed by atoms with Crippen LogP contribution in [0.5, 0.6) is 0 Å². The molecule has 0 saturated heterocycles. The van der Waals surface area contributed by atoms with Gasteiger partial charge in [0, 0.05) is 5.54 Å². The van der Waals surface area contributed by atoms with Gasteiger partial charge in [-0.3, -0.25) is 5.10 Å². The van der Waals surface area contributed by atoms with Gasteiger partial charge in [0.15, 0.2) is 5.03 Å². The number of rotatable bonds is 3. The van der Waals surface area contributed by atoms with Crippen LogP contribution in [0.2, 0.25) is 0 Å². The Balaban J connectivity index is 2.18. The van der Waals surface area contributed by atoms with Crippen LogP contribution in [-0.2, 0) is 10.0 Å². The maximum absolute atomic E-state index is 11.9. The van der Waals surface area contributed by atoms with Crippen LogP contribution in [0.3, 0.4) is 0 Å². The molecule has 1 fully saturated rings. The highest BCUT2D eigenvalue weighted by atomic mass is 32.2. The van der Waals surface area contributed by atoms with E-state index in [1.54, 1.807) is 0 Å². The van der Waals surface area contributed by atoms with E-state index >= 15 is 0 Å². The number of aromatic amines is 1. The summed E-state index contributed by atoms with van der Waals surface area (Å²) >= 11 is 0. The first kappa shape index (κ1) is 10.6. The third-order valence-corrected chi connectivity index (χ3v) is 4.42. The van der Waals surface area contributed by atoms with E-state index in [1.807, 2.05) is 6.92 Å². The Morgan fingerprint density at radius 3 is 2.67 bits per heavy atom. The van der Waals surface area contributed by atoms with Crippen LogP contribution in [0.4, 0.5) is 0 Å². The van der Waals surface area contributed by atoms with Crippen molar-refractivity contribution in [1.82, 2.24) is 14.9 Å². The standard InChI is InChI=1S/C9H15N3O2S/c1-9(5-2-3-6-9)12-15(13,14)8-4-7-10-11-8/h4,7,12H,2-3,5-6H2,1H3,(H,10,11). The van der Waals surface area contributed by atoms with Crippen molar-refractivity contribution in [3.8, 4) is 0 Å². The number of aromatic nitrogens is 2. The topological polar surface area (TPSA) is 74.8 Å². The normalized spacial score (nSPS) is 20.6. The van der Waals surface area contributed by atoms with E-state index in [2.05, 4.69) is 14.9 Å². The molecule has 1 aromatic rings. The average Bonchev–Trinajstić information content (AvgIpc) is 2.73. The van der Waals surface area contributed by atoms with Crippen LogP contribution in [0.1, 0.15) is 32.6 Å². The molecule has 0 unspecified atom stereocenters. The molecule has 0 bridgehead atoms.